The summed E-state index contributed by atoms with van der Waals surface area (Å²) in [6.07, 6.45) is 1.79. The van der Waals surface area contributed by atoms with Crippen LogP contribution in [0.1, 0.15) is 47.5 Å². The fourth-order valence-electron chi connectivity index (χ4n) is 4.81. The van der Waals surface area contributed by atoms with Crippen LogP contribution in [0.3, 0.4) is 0 Å². The van der Waals surface area contributed by atoms with Gasteiger partial charge < -0.3 is 9.47 Å². The van der Waals surface area contributed by atoms with Gasteiger partial charge in [0.05, 0.1) is 13.2 Å². The SMILES string of the molecule is CCOc1nc2c(C)ccnc2n1Cc1ccc2c(c1)COc1ccccc1/C2=C(\C)c1noc(=O)[nH]1. The van der Waals surface area contributed by atoms with Gasteiger partial charge in [-0.1, -0.05) is 35.5 Å². The molecule has 37 heavy (non-hydrogen) atoms. The third-order valence-corrected chi connectivity index (χ3v) is 6.56. The van der Waals surface area contributed by atoms with Crippen molar-refractivity contribution in [1.82, 2.24) is 24.7 Å². The molecule has 0 saturated heterocycles. The van der Waals surface area contributed by atoms with E-state index in [0.29, 0.717) is 31.6 Å². The van der Waals surface area contributed by atoms with Crippen LogP contribution in [0.25, 0.3) is 22.3 Å². The van der Waals surface area contributed by atoms with Crippen molar-refractivity contribution in [3.63, 3.8) is 0 Å². The molecule has 0 saturated carbocycles. The predicted molar refractivity (Wildman–Crippen MR) is 138 cm³/mol. The second-order valence-electron chi connectivity index (χ2n) is 8.93. The number of fused-ring (bicyclic) bond motifs is 3. The standard InChI is InChI=1S/C28H25N5O4/c1-4-35-27-30-24-16(2)11-12-29-26(24)33(27)14-18-9-10-20-19(13-18)15-36-22-8-6-5-7-21(22)23(20)17(3)25-31-28(34)37-32-25/h5-13H,4,14-15H2,1-3H3,(H,31,32,34)/b23-17+. The summed E-state index contributed by atoms with van der Waals surface area (Å²) in [5.41, 5.74) is 8.39. The molecule has 2 aromatic carbocycles. The number of hydrogen-bond acceptors (Lipinski definition) is 7. The van der Waals surface area contributed by atoms with Crippen molar-refractivity contribution in [2.45, 2.75) is 33.9 Å². The molecule has 1 aliphatic rings. The van der Waals surface area contributed by atoms with Gasteiger partial charge in [0.15, 0.2) is 11.5 Å². The maximum atomic E-state index is 11.7. The number of para-hydroxylation sites is 1. The Morgan fingerprint density at radius 1 is 1.16 bits per heavy atom. The molecule has 4 heterocycles. The lowest BCUT2D eigenvalue weighted by atomic mass is 9.89. The van der Waals surface area contributed by atoms with Crippen molar-refractivity contribution < 1.29 is 14.0 Å². The molecule has 9 nitrogen and oxygen atoms in total. The number of nitrogens with zero attached hydrogens (tertiary/aromatic N) is 4. The number of imidazole rings is 1. The summed E-state index contributed by atoms with van der Waals surface area (Å²) in [4.78, 5) is 23.6. The summed E-state index contributed by atoms with van der Waals surface area (Å²) in [7, 11) is 0. The third kappa shape index (κ3) is 3.98. The highest BCUT2D eigenvalue weighted by molar-refractivity contribution is 5.99. The van der Waals surface area contributed by atoms with E-state index in [2.05, 4.69) is 33.3 Å². The molecule has 1 aliphatic heterocycles. The van der Waals surface area contributed by atoms with Gasteiger partial charge in [-0.25, -0.2) is 9.78 Å². The Morgan fingerprint density at radius 3 is 2.84 bits per heavy atom. The lowest BCUT2D eigenvalue weighted by Crippen LogP contribution is -2.07. The molecule has 9 heteroatoms. The zero-order chi connectivity index (χ0) is 25.5. The molecule has 6 rings (SSSR count). The molecule has 0 unspecified atom stereocenters. The number of pyridine rings is 1. The van der Waals surface area contributed by atoms with E-state index in [-0.39, 0.29) is 0 Å². The fourth-order valence-corrected chi connectivity index (χ4v) is 4.81. The highest BCUT2D eigenvalue weighted by Gasteiger charge is 2.24. The number of aromatic amines is 1. The lowest BCUT2D eigenvalue weighted by molar-refractivity contribution is 0.300. The molecule has 5 aromatic rings. The van der Waals surface area contributed by atoms with Crippen molar-refractivity contribution in [3.8, 4) is 11.8 Å². The number of hydrogen-bond donors (Lipinski definition) is 1. The molecule has 3 aromatic heterocycles. The first-order valence-corrected chi connectivity index (χ1v) is 12.1. The van der Waals surface area contributed by atoms with Gasteiger partial charge in [-0.15, -0.1) is 0 Å². The second kappa shape index (κ2) is 9.09. The van der Waals surface area contributed by atoms with Crippen molar-refractivity contribution in [2.75, 3.05) is 6.61 Å². The first-order valence-electron chi connectivity index (χ1n) is 12.1. The van der Waals surface area contributed by atoms with E-state index in [9.17, 15) is 4.79 Å². The molecule has 0 amide bonds. The minimum atomic E-state index is -0.592. The van der Waals surface area contributed by atoms with Crippen molar-refractivity contribution in [3.05, 3.63) is 98.9 Å². The number of H-pyrrole nitrogens is 1. The Balaban J connectivity index is 1.48. The maximum Gasteiger partial charge on any atom is 0.439 e. The first kappa shape index (κ1) is 22.8. The van der Waals surface area contributed by atoms with Crippen LogP contribution in [0.5, 0.6) is 11.8 Å². The number of aryl methyl sites for hydroxylation is 1. The van der Waals surface area contributed by atoms with Gasteiger partial charge >= 0.3 is 5.76 Å². The van der Waals surface area contributed by atoms with Crippen molar-refractivity contribution in [1.29, 1.82) is 0 Å². The number of nitrogens with one attached hydrogen (secondary N) is 1. The number of ether oxygens (including phenoxy) is 2. The zero-order valence-corrected chi connectivity index (χ0v) is 20.7. The highest BCUT2D eigenvalue weighted by atomic mass is 16.5. The number of benzene rings is 2. The number of allylic oxidation sites excluding steroid dienone is 1. The van der Waals surface area contributed by atoms with Crippen molar-refractivity contribution in [2.24, 2.45) is 0 Å². The van der Waals surface area contributed by atoms with E-state index in [1.165, 1.54) is 0 Å². The average Bonchev–Trinajstić information content (AvgIpc) is 3.44. The predicted octanol–water partition coefficient (Wildman–Crippen LogP) is 4.73. The topological polar surface area (TPSA) is 108 Å². The molecular weight excluding hydrogens is 470 g/mol. The molecule has 1 N–H and O–H groups in total. The Morgan fingerprint density at radius 2 is 2.03 bits per heavy atom. The largest absolute Gasteiger partial charge is 0.488 e. The van der Waals surface area contributed by atoms with Crippen LogP contribution in [0.4, 0.5) is 0 Å². The number of aromatic nitrogens is 5. The van der Waals surface area contributed by atoms with Crippen LogP contribution in [0.2, 0.25) is 0 Å². The molecule has 0 fully saturated rings. The molecule has 0 bridgehead atoms. The molecule has 0 radical (unpaired) electrons. The minimum absolute atomic E-state index is 0.388. The summed E-state index contributed by atoms with van der Waals surface area (Å²) in [6.45, 7) is 7.33. The van der Waals surface area contributed by atoms with E-state index >= 15 is 0 Å². The van der Waals surface area contributed by atoms with Crippen LogP contribution in [0, 0.1) is 6.92 Å². The van der Waals surface area contributed by atoms with Crippen LogP contribution in [0.15, 0.2) is 64.0 Å². The Bertz CT molecular complexity index is 1730. The molecular formula is C28H25N5O4. The smallest absolute Gasteiger partial charge is 0.439 e. The number of rotatable bonds is 5. The van der Waals surface area contributed by atoms with Gasteiger partial charge in [0.2, 0.25) is 0 Å². The summed E-state index contributed by atoms with van der Waals surface area (Å²) >= 11 is 0. The summed E-state index contributed by atoms with van der Waals surface area (Å²) < 4.78 is 18.9. The Labute approximate surface area is 212 Å². The zero-order valence-electron chi connectivity index (χ0n) is 20.7. The molecule has 0 atom stereocenters. The molecule has 0 spiro atoms. The van der Waals surface area contributed by atoms with Gasteiger partial charge in [-0.05, 0) is 66.8 Å². The van der Waals surface area contributed by atoms with Crippen LogP contribution < -0.4 is 15.2 Å². The van der Waals surface area contributed by atoms with Gasteiger partial charge in [0.1, 0.15) is 17.9 Å². The first-order chi connectivity index (χ1) is 18.0. The van der Waals surface area contributed by atoms with E-state index in [1.807, 2.05) is 55.7 Å². The van der Waals surface area contributed by atoms with Gasteiger partial charge in [0, 0.05) is 17.3 Å². The fraction of sp³-hybridized carbons (Fsp3) is 0.214. The van der Waals surface area contributed by atoms with Gasteiger partial charge in [-0.2, -0.15) is 4.98 Å². The molecule has 186 valence electrons. The van der Waals surface area contributed by atoms with Gasteiger partial charge in [0.25, 0.3) is 6.01 Å². The summed E-state index contributed by atoms with van der Waals surface area (Å²) in [5.74, 6) is 0.559. The quantitative estimate of drug-likeness (QED) is 0.375. The highest BCUT2D eigenvalue weighted by Crippen LogP contribution is 2.40. The molecule has 0 aliphatic carbocycles. The van der Waals surface area contributed by atoms with E-state index in [1.54, 1.807) is 6.20 Å². The Kier molecular flexibility index (Phi) is 5.60. The Hall–Kier alpha value is -4.66. The summed E-state index contributed by atoms with van der Waals surface area (Å²) in [5, 5.41) is 3.93. The van der Waals surface area contributed by atoms with Crippen LogP contribution in [-0.4, -0.2) is 31.3 Å². The van der Waals surface area contributed by atoms with E-state index < -0.39 is 5.76 Å². The average molecular weight is 496 g/mol. The van der Waals surface area contributed by atoms with E-state index in [0.717, 1.165) is 55.9 Å². The van der Waals surface area contributed by atoms with Crippen LogP contribution in [-0.2, 0) is 13.2 Å². The third-order valence-electron chi connectivity index (χ3n) is 6.56. The van der Waals surface area contributed by atoms with Crippen LogP contribution >= 0.6 is 0 Å². The monoisotopic (exact) mass is 495 g/mol. The summed E-state index contributed by atoms with van der Waals surface area (Å²) in [6, 6.07) is 16.7. The lowest BCUT2D eigenvalue weighted by Gasteiger charge is -2.15. The van der Waals surface area contributed by atoms with E-state index in [4.69, 9.17) is 19.0 Å². The minimum Gasteiger partial charge on any atom is -0.488 e. The second-order valence-corrected chi connectivity index (χ2v) is 8.93. The normalized spacial score (nSPS) is 14.0. The van der Waals surface area contributed by atoms with Gasteiger partial charge in [-0.3, -0.25) is 14.1 Å². The van der Waals surface area contributed by atoms with Crippen molar-refractivity contribution >= 4 is 22.3 Å². The maximum absolute atomic E-state index is 11.7.